The van der Waals surface area contributed by atoms with E-state index < -0.39 is 5.41 Å². The van der Waals surface area contributed by atoms with Crippen molar-refractivity contribution < 1.29 is 0 Å². The zero-order valence-corrected chi connectivity index (χ0v) is 27.3. The van der Waals surface area contributed by atoms with E-state index in [0.717, 1.165) is 18.5 Å². The highest BCUT2D eigenvalue weighted by Crippen LogP contribution is 2.56. The van der Waals surface area contributed by atoms with Crippen LogP contribution in [-0.2, 0) is 17.3 Å². The lowest BCUT2D eigenvalue weighted by atomic mass is 9.61. The molecule has 8 rings (SSSR count). The van der Waals surface area contributed by atoms with Gasteiger partial charge in [-0.1, -0.05) is 116 Å². The van der Waals surface area contributed by atoms with Crippen LogP contribution in [0.2, 0.25) is 0 Å². The second-order valence-electron chi connectivity index (χ2n) is 13.8. The molecule has 3 heteroatoms. The van der Waals surface area contributed by atoms with Crippen LogP contribution >= 0.6 is 0 Å². The highest BCUT2D eigenvalue weighted by molar-refractivity contribution is 5.86. The number of aryl methyl sites for hydroxylation is 2. The Bertz CT molecular complexity index is 2100. The fourth-order valence-corrected chi connectivity index (χ4v) is 8.66. The summed E-state index contributed by atoms with van der Waals surface area (Å²) in [5, 5.41) is 10.1. The van der Waals surface area contributed by atoms with Gasteiger partial charge >= 0.3 is 0 Å². The van der Waals surface area contributed by atoms with Gasteiger partial charge in [-0.25, -0.2) is 0 Å². The van der Waals surface area contributed by atoms with Crippen LogP contribution in [0.25, 0.3) is 0 Å². The van der Waals surface area contributed by atoms with E-state index in [1.54, 1.807) is 0 Å². The summed E-state index contributed by atoms with van der Waals surface area (Å²) in [6, 6.07) is 47.1. The zero-order valence-electron chi connectivity index (χ0n) is 27.3. The number of hydrogen-bond acceptors (Lipinski definition) is 3. The molecule has 5 aromatic rings. The Hall–Kier alpha value is -5.33. The number of nitrogens with zero attached hydrogens (tertiary/aromatic N) is 2. The van der Waals surface area contributed by atoms with Crippen LogP contribution in [-0.4, -0.2) is 0 Å². The number of anilines is 3. The first-order valence-corrected chi connectivity index (χ1v) is 16.7. The molecule has 0 spiro atoms. The van der Waals surface area contributed by atoms with Crippen molar-refractivity contribution in [3.05, 3.63) is 183 Å². The Morgan fingerprint density at radius 1 is 0.723 bits per heavy atom. The van der Waals surface area contributed by atoms with E-state index in [1.165, 1.54) is 61.5 Å². The largest absolute Gasteiger partial charge is 0.401 e. The average Bonchev–Trinajstić information content (AvgIpc) is 3.23. The number of para-hydroxylation sites is 2. The number of fused-ring (bicyclic) bond motifs is 3. The number of hydrogen-bond donors (Lipinski definition) is 1. The maximum atomic E-state index is 10.1. The van der Waals surface area contributed by atoms with Crippen molar-refractivity contribution in [2.24, 2.45) is 11.7 Å². The van der Waals surface area contributed by atoms with Gasteiger partial charge in [-0.15, -0.1) is 0 Å². The molecule has 5 aromatic carbocycles. The molecular formula is C44H39N3. The Kier molecular flexibility index (Phi) is 6.74. The molecule has 2 atom stereocenters. The van der Waals surface area contributed by atoms with E-state index in [2.05, 4.69) is 159 Å². The van der Waals surface area contributed by atoms with Gasteiger partial charge in [0.25, 0.3) is 0 Å². The van der Waals surface area contributed by atoms with Crippen LogP contribution in [0.3, 0.4) is 0 Å². The Balaban J connectivity index is 1.48. The molecular weight excluding hydrogens is 571 g/mol. The molecule has 0 saturated carbocycles. The normalized spacial score (nSPS) is 20.9. The predicted octanol–water partition coefficient (Wildman–Crippen LogP) is 10.1. The highest BCUT2D eigenvalue weighted by atomic mass is 15.2. The molecule has 47 heavy (non-hydrogen) atoms. The lowest BCUT2D eigenvalue weighted by Gasteiger charge is -2.44. The number of allylic oxidation sites excluding steroid dienone is 4. The van der Waals surface area contributed by atoms with E-state index in [-0.39, 0.29) is 11.3 Å². The van der Waals surface area contributed by atoms with Crippen molar-refractivity contribution in [1.29, 1.82) is 5.26 Å². The second kappa shape index (κ2) is 10.9. The van der Waals surface area contributed by atoms with Gasteiger partial charge in [-0.05, 0) is 101 Å². The first kappa shape index (κ1) is 29.1. The molecule has 0 fully saturated rings. The van der Waals surface area contributed by atoms with Crippen LogP contribution in [0.4, 0.5) is 17.1 Å². The van der Waals surface area contributed by atoms with Crippen LogP contribution in [0.15, 0.2) is 144 Å². The van der Waals surface area contributed by atoms with E-state index >= 15 is 0 Å². The quantitative estimate of drug-likeness (QED) is 0.221. The molecule has 2 unspecified atom stereocenters. The van der Waals surface area contributed by atoms with Crippen LogP contribution in [0.1, 0.15) is 65.6 Å². The lowest BCUT2D eigenvalue weighted by molar-refractivity contribution is 0.631. The molecule has 0 aromatic heterocycles. The van der Waals surface area contributed by atoms with E-state index in [9.17, 15) is 5.26 Å². The van der Waals surface area contributed by atoms with Crippen molar-refractivity contribution in [2.45, 2.75) is 50.9 Å². The summed E-state index contributed by atoms with van der Waals surface area (Å²) in [6.45, 7) is 6.89. The molecule has 1 heterocycles. The lowest BCUT2D eigenvalue weighted by Crippen LogP contribution is -2.35. The predicted molar refractivity (Wildman–Crippen MR) is 192 cm³/mol. The Labute approximate surface area is 278 Å². The van der Waals surface area contributed by atoms with Gasteiger partial charge in [0.1, 0.15) is 0 Å². The van der Waals surface area contributed by atoms with Crippen LogP contribution in [0.5, 0.6) is 0 Å². The van der Waals surface area contributed by atoms with Gasteiger partial charge in [0.05, 0.1) is 28.8 Å². The summed E-state index contributed by atoms with van der Waals surface area (Å²) in [7, 11) is 0. The summed E-state index contributed by atoms with van der Waals surface area (Å²) >= 11 is 0. The number of nitriles is 1. The third-order valence-corrected chi connectivity index (χ3v) is 10.9. The number of benzene rings is 5. The first-order valence-electron chi connectivity index (χ1n) is 16.7. The van der Waals surface area contributed by atoms with Crippen LogP contribution < -0.4 is 10.6 Å². The molecule has 2 N–H and O–H groups in total. The maximum Gasteiger partial charge on any atom is 0.0894 e. The van der Waals surface area contributed by atoms with Gasteiger partial charge in [0, 0.05) is 16.8 Å². The summed E-state index contributed by atoms with van der Waals surface area (Å²) in [5.41, 5.74) is 21.7. The van der Waals surface area contributed by atoms with Gasteiger partial charge < -0.3 is 10.6 Å². The molecule has 0 amide bonds. The van der Waals surface area contributed by atoms with Crippen molar-refractivity contribution in [2.75, 3.05) is 4.90 Å². The Morgan fingerprint density at radius 3 is 2.00 bits per heavy atom. The molecule has 2 aliphatic carbocycles. The summed E-state index contributed by atoms with van der Waals surface area (Å²) < 4.78 is 0. The monoisotopic (exact) mass is 609 g/mol. The first-order chi connectivity index (χ1) is 22.9. The molecule has 230 valence electrons. The summed E-state index contributed by atoms with van der Waals surface area (Å²) in [4.78, 5) is 2.46. The van der Waals surface area contributed by atoms with E-state index in [4.69, 9.17) is 5.73 Å². The average molecular weight is 610 g/mol. The van der Waals surface area contributed by atoms with Crippen molar-refractivity contribution >= 4 is 17.1 Å². The van der Waals surface area contributed by atoms with E-state index in [1.807, 2.05) is 0 Å². The zero-order chi connectivity index (χ0) is 32.3. The standard InChI is InChI=1S/C44H39N3/c1-29-13-7-8-16-35(29)44(33-14-5-4-6-15-33)38-26-34(24-23-30(38)21-22-31-25-32(28-45)40(46)27-39(31)44)47-41-19-11-9-17-36(41)43(2,3)37-18-10-12-20-42(37)47/h4-20,23-24,26-27,32H,21-22,25,46H2,1-3H3. The molecule has 3 aliphatic rings. The minimum atomic E-state index is -0.622. The SMILES string of the molecule is Cc1ccccc1C1(c2ccccc2)C2=C(CCc3ccc(N4c5ccccc5C(C)(C)c5ccccc54)cc31)CC(C#N)C(N)=C2. The van der Waals surface area contributed by atoms with Gasteiger partial charge in [0.15, 0.2) is 0 Å². The highest BCUT2D eigenvalue weighted by Gasteiger charge is 2.46. The minimum Gasteiger partial charge on any atom is -0.401 e. The fraction of sp³-hybridized carbons (Fsp3) is 0.205. The molecule has 0 radical (unpaired) electrons. The van der Waals surface area contributed by atoms with E-state index in [0.29, 0.717) is 12.1 Å². The third kappa shape index (κ3) is 4.25. The van der Waals surface area contributed by atoms with Crippen LogP contribution in [0, 0.1) is 24.2 Å². The summed E-state index contributed by atoms with van der Waals surface area (Å²) in [5.74, 6) is -0.305. The topological polar surface area (TPSA) is 53.0 Å². The van der Waals surface area contributed by atoms with Crippen molar-refractivity contribution in [3.8, 4) is 6.07 Å². The smallest absolute Gasteiger partial charge is 0.0894 e. The number of nitrogens with two attached hydrogens (primary N) is 1. The third-order valence-electron chi connectivity index (χ3n) is 10.9. The minimum absolute atomic E-state index is 0.133. The molecule has 0 bridgehead atoms. The van der Waals surface area contributed by atoms with Crippen molar-refractivity contribution in [1.82, 2.24) is 0 Å². The molecule has 3 nitrogen and oxygen atoms in total. The number of rotatable bonds is 3. The Morgan fingerprint density at radius 2 is 1.34 bits per heavy atom. The maximum absolute atomic E-state index is 10.1. The van der Waals surface area contributed by atoms with Gasteiger partial charge in [-0.2, -0.15) is 5.26 Å². The molecule has 0 saturated heterocycles. The summed E-state index contributed by atoms with van der Waals surface area (Å²) in [6.07, 6.45) is 4.62. The van der Waals surface area contributed by atoms with Crippen molar-refractivity contribution in [3.63, 3.8) is 0 Å². The fourth-order valence-electron chi connectivity index (χ4n) is 8.66. The van der Waals surface area contributed by atoms with Gasteiger partial charge in [-0.3, -0.25) is 0 Å². The van der Waals surface area contributed by atoms with Gasteiger partial charge in [0.2, 0.25) is 0 Å². The second-order valence-corrected chi connectivity index (χ2v) is 13.8. The molecule has 1 aliphatic heterocycles.